The molecule has 1 aliphatic heterocycles. The van der Waals surface area contributed by atoms with E-state index in [2.05, 4.69) is 6.92 Å². The molecule has 4 nitrogen and oxygen atoms in total. The summed E-state index contributed by atoms with van der Waals surface area (Å²) in [7, 11) is 0. The van der Waals surface area contributed by atoms with E-state index in [-0.39, 0.29) is 0 Å². The number of carbonyl (C=O) groups is 1. The molecule has 1 heterocycles. The van der Waals surface area contributed by atoms with Gasteiger partial charge in [0.25, 0.3) is 0 Å². The van der Waals surface area contributed by atoms with Crippen LogP contribution in [0.2, 0.25) is 0 Å². The van der Waals surface area contributed by atoms with Crippen LogP contribution in [-0.2, 0) is 4.84 Å². The lowest BCUT2D eigenvalue weighted by Gasteiger charge is -2.30. The third-order valence-corrected chi connectivity index (χ3v) is 3.15. The molecule has 1 aromatic carbocycles. The van der Waals surface area contributed by atoms with Crippen molar-refractivity contribution < 1.29 is 14.7 Å². The van der Waals surface area contributed by atoms with Gasteiger partial charge in [0.15, 0.2) is 0 Å². The molecule has 1 saturated heterocycles. The molecular formula is C14H19NO3. The quantitative estimate of drug-likeness (QED) is 0.653. The number of hydroxylamine groups is 2. The molecule has 2 rings (SSSR count). The smallest absolute Gasteiger partial charge is 0.239 e. The molecule has 0 radical (unpaired) electrons. The van der Waals surface area contributed by atoms with Crippen molar-refractivity contribution in [1.82, 2.24) is 5.06 Å². The van der Waals surface area contributed by atoms with Gasteiger partial charge in [-0.3, -0.25) is 9.63 Å². The van der Waals surface area contributed by atoms with Crippen LogP contribution in [0, 0.1) is 5.92 Å². The normalized spacial score (nSPS) is 22.7. The Morgan fingerprint density at radius 3 is 2.83 bits per heavy atom. The molecule has 2 unspecified atom stereocenters. The molecule has 1 aliphatic rings. The van der Waals surface area contributed by atoms with E-state index in [0.717, 1.165) is 19.5 Å². The van der Waals surface area contributed by atoms with E-state index in [1.54, 1.807) is 29.3 Å². The van der Waals surface area contributed by atoms with E-state index in [4.69, 9.17) is 4.84 Å². The van der Waals surface area contributed by atoms with Gasteiger partial charge in [0.05, 0.1) is 0 Å². The molecule has 4 heteroatoms. The molecule has 98 valence electrons. The number of Topliss-reactive ketones (excluding diaryl/α,β-unsaturated/α-hetero) is 1. The van der Waals surface area contributed by atoms with Crippen LogP contribution in [0.1, 0.15) is 30.1 Å². The van der Waals surface area contributed by atoms with E-state index in [0.29, 0.717) is 11.5 Å². The van der Waals surface area contributed by atoms with Crippen LogP contribution in [0.3, 0.4) is 0 Å². The molecule has 0 spiro atoms. The summed E-state index contributed by atoms with van der Waals surface area (Å²) < 4.78 is 0. The minimum atomic E-state index is -1.40. The summed E-state index contributed by atoms with van der Waals surface area (Å²) in [6, 6.07) is 8.71. The third-order valence-electron chi connectivity index (χ3n) is 3.15. The van der Waals surface area contributed by atoms with Gasteiger partial charge in [-0.2, -0.15) is 5.06 Å². The van der Waals surface area contributed by atoms with E-state index in [9.17, 15) is 9.90 Å². The Morgan fingerprint density at radius 2 is 2.17 bits per heavy atom. The van der Waals surface area contributed by atoms with Crippen LogP contribution in [0.15, 0.2) is 30.3 Å². The minimum absolute atomic E-state index is 0.395. The third kappa shape index (κ3) is 3.38. The maximum atomic E-state index is 11.9. The number of aliphatic hydroxyl groups excluding tert-OH is 1. The lowest BCUT2D eigenvalue weighted by Crippen LogP contribution is -2.40. The summed E-state index contributed by atoms with van der Waals surface area (Å²) in [5.74, 6) is 0.145. The van der Waals surface area contributed by atoms with E-state index < -0.39 is 12.1 Å². The average molecular weight is 249 g/mol. The Balaban J connectivity index is 1.91. The number of rotatable bonds is 4. The first-order chi connectivity index (χ1) is 8.66. The van der Waals surface area contributed by atoms with Gasteiger partial charge >= 0.3 is 0 Å². The average Bonchev–Trinajstić information content (AvgIpc) is 2.39. The number of nitrogens with zero attached hydrogens (tertiary/aromatic N) is 1. The number of aliphatic hydroxyl groups is 1. The summed E-state index contributed by atoms with van der Waals surface area (Å²) in [6.07, 6.45) is 0.799. The van der Waals surface area contributed by atoms with Crippen molar-refractivity contribution in [2.45, 2.75) is 26.1 Å². The highest BCUT2D eigenvalue weighted by Gasteiger charge is 2.24. The zero-order valence-corrected chi connectivity index (χ0v) is 10.6. The van der Waals surface area contributed by atoms with Gasteiger partial charge in [-0.15, -0.1) is 0 Å². The summed E-state index contributed by atoms with van der Waals surface area (Å²) in [6.45, 7) is 3.67. The second-order valence-electron chi connectivity index (χ2n) is 4.82. The topological polar surface area (TPSA) is 49.8 Å². The van der Waals surface area contributed by atoms with Crippen LogP contribution in [0.25, 0.3) is 0 Å². The van der Waals surface area contributed by atoms with Crippen LogP contribution < -0.4 is 0 Å². The van der Waals surface area contributed by atoms with Crippen molar-refractivity contribution in [2.24, 2.45) is 5.92 Å². The summed E-state index contributed by atoms with van der Waals surface area (Å²) in [5.41, 5.74) is 0.468. The Morgan fingerprint density at radius 1 is 1.44 bits per heavy atom. The molecule has 0 saturated carbocycles. The molecule has 0 bridgehead atoms. The highest BCUT2D eigenvalue weighted by molar-refractivity contribution is 5.98. The van der Waals surface area contributed by atoms with Crippen LogP contribution in [0.4, 0.5) is 0 Å². The molecule has 1 N–H and O–H groups in total. The van der Waals surface area contributed by atoms with Gasteiger partial charge in [-0.05, 0) is 18.8 Å². The van der Waals surface area contributed by atoms with Crippen LogP contribution >= 0.6 is 0 Å². The highest BCUT2D eigenvalue weighted by Crippen LogP contribution is 2.17. The van der Waals surface area contributed by atoms with E-state index in [1.807, 2.05) is 6.07 Å². The molecule has 18 heavy (non-hydrogen) atoms. The summed E-state index contributed by atoms with van der Waals surface area (Å²) in [4.78, 5) is 17.2. The fourth-order valence-electron chi connectivity index (χ4n) is 2.18. The fraction of sp³-hybridized carbons (Fsp3) is 0.500. The Bertz CT molecular complexity index is 393. The maximum Gasteiger partial charge on any atom is 0.239 e. The van der Waals surface area contributed by atoms with Gasteiger partial charge in [-0.1, -0.05) is 37.3 Å². The predicted molar refractivity (Wildman–Crippen MR) is 67.8 cm³/mol. The molecule has 1 aromatic rings. The Hall–Kier alpha value is -1.23. The fourth-order valence-corrected chi connectivity index (χ4v) is 2.18. The highest BCUT2D eigenvalue weighted by atomic mass is 16.8. The minimum Gasteiger partial charge on any atom is -0.360 e. The number of hydrogen-bond acceptors (Lipinski definition) is 4. The first-order valence-corrected chi connectivity index (χ1v) is 6.36. The number of carbonyl (C=O) groups excluding carboxylic acids is 1. The van der Waals surface area contributed by atoms with Crippen molar-refractivity contribution in [3.05, 3.63) is 35.9 Å². The summed E-state index contributed by atoms with van der Waals surface area (Å²) >= 11 is 0. The SMILES string of the molecule is CC1CCCN(OC(O)C(=O)c2ccccc2)C1. The van der Waals surface area contributed by atoms with Crippen molar-refractivity contribution >= 4 is 5.78 Å². The van der Waals surface area contributed by atoms with E-state index in [1.165, 1.54) is 6.42 Å². The predicted octanol–water partition coefficient (Wildman–Crippen LogP) is 1.85. The number of ketones is 1. The first-order valence-electron chi connectivity index (χ1n) is 6.36. The molecule has 0 amide bonds. The molecule has 2 atom stereocenters. The second-order valence-corrected chi connectivity index (χ2v) is 4.82. The molecule has 0 aliphatic carbocycles. The maximum absolute atomic E-state index is 11.9. The van der Waals surface area contributed by atoms with Crippen molar-refractivity contribution in [3.8, 4) is 0 Å². The lowest BCUT2D eigenvalue weighted by atomic mass is 10.0. The molecular weight excluding hydrogens is 230 g/mol. The van der Waals surface area contributed by atoms with Gasteiger partial charge in [-0.25, -0.2) is 0 Å². The van der Waals surface area contributed by atoms with Crippen molar-refractivity contribution in [3.63, 3.8) is 0 Å². The van der Waals surface area contributed by atoms with Gasteiger partial charge < -0.3 is 5.11 Å². The van der Waals surface area contributed by atoms with Crippen LogP contribution in [0.5, 0.6) is 0 Å². The number of piperidine rings is 1. The Kier molecular flexibility index (Phi) is 4.47. The monoisotopic (exact) mass is 249 g/mol. The second kappa shape index (κ2) is 6.09. The van der Waals surface area contributed by atoms with Crippen LogP contribution in [-0.4, -0.2) is 35.3 Å². The van der Waals surface area contributed by atoms with E-state index >= 15 is 0 Å². The first kappa shape index (κ1) is 13.2. The molecule has 0 aromatic heterocycles. The zero-order chi connectivity index (χ0) is 13.0. The van der Waals surface area contributed by atoms with Crippen molar-refractivity contribution in [2.75, 3.05) is 13.1 Å². The lowest BCUT2D eigenvalue weighted by molar-refractivity contribution is -0.253. The van der Waals surface area contributed by atoms with Gasteiger partial charge in [0.1, 0.15) is 0 Å². The number of hydrogen-bond donors (Lipinski definition) is 1. The molecule has 1 fully saturated rings. The van der Waals surface area contributed by atoms with Gasteiger partial charge in [0, 0.05) is 18.7 Å². The summed E-state index contributed by atoms with van der Waals surface area (Å²) in [5, 5.41) is 11.5. The standard InChI is InChI=1S/C14H19NO3/c1-11-6-5-9-15(10-11)18-14(17)13(16)12-7-3-2-4-8-12/h2-4,7-8,11,14,17H,5-6,9-10H2,1H3. The van der Waals surface area contributed by atoms with Gasteiger partial charge in [0.2, 0.25) is 12.1 Å². The van der Waals surface area contributed by atoms with Crippen molar-refractivity contribution in [1.29, 1.82) is 0 Å². The largest absolute Gasteiger partial charge is 0.360 e. The zero-order valence-electron chi connectivity index (χ0n) is 10.6. The Labute approximate surface area is 107 Å². The number of benzene rings is 1.